The average Bonchev–Trinajstić information content (AvgIpc) is 2.44. The lowest BCUT2D eigenvalue weighted by Gasteiger charge is -2.34. The van der Waals surface area contributed by atoms with Crippen LogP contribution >= 0.6 is 0 Å². The van der Waals surface area contributed by atoms with Gasteiger partial charge in [-0.25, -0.2) is 8.78 Å². The molecule has 0 atom stereocenters. The second kappa shape index (κ2) is 6.10. The van der Waals surface area contributed by atoms with Crippen molar-refractivity contribution >= 4 is 5.91 Å². The summed E-state index contributed by atoms with van der Waals surface area (Å²) in [7, 11) is 0. The highest BCUT2D eigenvalue weighted by Gasteiger charge is 2.27. The zero-order chi connectivity index (χ0) is 13.8. The number of rotatable bonds is 3. The van der Waals surface area contributed by atoms with E-state index in [9.17, 15) is 13.6 Å². The van der Waals surface area contributed by atoms with Gasteiger partial charge in [0.1, 0.15) is 0 Å². The first-order valence-corrected chi connectivity index (χ1v) is 6.60. The summed E-state index contributed by atoms with van der Waals surface area (Å²) in [6.45, 7) is 4.05. The number of nitrogens with zero attached hydrogens (tertiary/aromatic N) is 1. The zero-order valence-electron chi connectivity index (χ0n) is 11.0. The van der Waals surface area contributed by atoms with Crippen molar-refractivity contribution in [3.63, 3.8) is 0 Å². The van der Waals surface area contributed by atoms with E-state index in [1.54, 1.807) is 4.90 Å². The molecule has 0 unspecified atom stereocenters. The average molecular weight is 268 g/mol. The second-order valence-corrected chi connectivity index (χ2v) is 4.67. The Morgan fingerprint density at radius 1 is 1.37 bits per heavy atom. The van der Waals surface area contributed by atoms with Crippen LogP contribution in [0.25, 0.3) is 0 Å². The van der Waals surface area contributed by atoms with Gasteiger partial charge in [0.2, 0.25) is 0 Å². The zero-order valence-corrected chi connectivity index (χ0v) is 11.0. The molecule has 3 nitrogen and oxygen atoms in total. The number of carbonyl (C=O) groups excluding carboxylic acids is 1. The van der Waals surface area contributed by atoms with Gasteiger partial charge in [0, 0.05) is 12.6 Å². The van der Waals surface area contributed by atoms with E-state index in [0.29, 0.717) is 6.54 Å². The lowest BCUT2D eigenvalue weighted by Crippen LogP contribution is -2.46. The fourth-order valence-electron chi connectivity index (χ4n) is 2.51. The third-order valence-corrected chi connectivity index (χ3v) is 3.53. The fourth-order valence-corrected chi connectivity index (χ4v) is 2.51. The molecule has 0 spiro atoms. The Kier molecular flexibility index (Phi) is 4.47. The van der Waals surface area contributed by atoms with Crippen LogP contribution in [-0.4, -0.2) is 36.5 Å². The number of carbonyl (C=O) groups is 1. The number of hydrogen-bond acceptors (Lipinski definition) is 2. The van der Waals surface area contributed by atoms with Crippen LogP contribution in [0.4, 0.5) is 8.78 Å². The molecule has 1 saturated heterocycles. The van der Waals surface area contributed by atoms with Crippen LogP contribution in [0.15, 0.2) is 18.2 Å². The number of halogens is 2. The van der Waals surface area contributed by atoms with Crippen LogP contribution in [0.1, 0.15) is 30.1 Å². The highest BCUT2D eigenvalue weighted by Crippen LogP contribution is 2.18. The SMILES string of the molecule is CCN(C(=O)c1cccc(F)c1F)C1CCNCC1. The number of benzene rings is 1. The van der Waals surface area contributed by atoms with Gasteiger partial charge in [-0.2, -0.15) is 0 Å². The van der Waals surface area contributed by atoms with Crippen LogP contribution in [0.5, 0.6) is 0 Å². The molecule has 0 bridgehead atoms. The fraction of sp³-hybridized carbons (Fsp3) is 0.500. The minimum Gasteiger partial charge on any atom is -0.336 e. The predicted molar refractivity (Wildman–Crippen MR) is 69.0 cm³/mol. The Morgan fingerprint density at radius 3 is 2.68 bits per heavy atom. The molecule has 1 fully saturated rings. The van der Waals surface area contributed by atoms with Gasteiger partial charge in [-0.3, -0.25) is 4.79 Å². The minimum absolute atomic E-state index is 0.0985. The normalized spacial score (nSPS) is 16.4. The van der Waals surface area contributed by atoms with Crippen molar-refractivity contribution in [3.05, 3.63) is 35.4 Å². The molecule has 1 aliphatic rings. The first-order valence-electron chi connectivity index (χ1n) is 6.60. The van der Waals surface area contributed by atoms with E-state index >= 15 is 0 Å². The van der Waals surface area contributed by atoms with E-state index < -0.39 is 17.5 Å². The summed E-state index contributed by atoms with van der Waals surface area (Å²) in [6, 6.07) is 3.82. The van der Waals surface area contributed by atoms with Crippen molar-refractivity contribution in [2.45, 2.75) is 25.8 Å². The Bertz CT molecular complexity index is 459. The van der Waals surface area contributed by atoms with Crippen molar-refractivity contribution in [2.75, 3.05) is 19.6 Å². The Balaban J connectivity index is 2.22. The molecule has 104 valence electrons. The van der Waals surface area contributed by atoms with E-state index in [1.807, 2.05) is 6.92 Å². The van der Waals surface area contributed by atoms with Crippen molar-refractivity contribution in [1.29, 1.82) is 0 Å². The molecule has 0 radical (unpaired) electrons. The van der Waals surface area contributed by atoms with Gasteiger partial charge >= 0.3 is 0 Å². The molecule has 1 heterocycles. The third kappa shape index (κ3) is 2.92. The summed E-state index contributed by atoms with van der Waals surface area (Å²) in [6.07, 6.45) is 1.69. The van der Waals surface area contributed by atoms with Gasteiger partial charge in [0.25, 0.3) is 5.91 Å². The smallest absolute Gasteiger partial charge is 0.257 e. The second-order valence-electron chi connectivity index (χ2n) is 4.67. The van der Waals surface area contributed by atoms with E-state index in [1.165, 1.54) is 12.1 Å². The molecule has 1 amide bonds. The maximum Gasteiger partial charge on any atom is 0.257 e. The van der Waals surface area contributed by atoms with Gasteiger partial charge in [-0.05, 0) is 45.0 Å². The highest BCUT2D eigenvalue weighted by atomic mass is 19.2. The summed E-state index contributed by atoms with van der Waals surface area (Å²) < 4.78 is 26.9. The molecule has 1 aromatic rings. The van der Waals surface area contributed by atoms with Gasteiger partial charge in [-0.15, -0.1) is 0 Å². The number of piperidine rings is 1. The van der Waals surface area contributed by atoms with Crippen LogP contribution in [-0.2, 0) is 0 Å². The van der Waals surface area contributed by atoms with Crippen molar-refractivity contribution in [1.82, 2.24) is 10.2 Å². The molecule has 1 aromatic carbocycles. The van der Waals surface area contributed by atoms with Gasteiger partial charge in [0.15, 0.2) is 11.6 Å². The largest absolute Gasteiger partial charge is 0.336 e. The quantitative estimate of drug-likeness (QED) is 0.911. The first-order chi connectivity index (χ1) is 9.15. The predicted octanol–water partition coefficient (Wildman–Crippen LogP) is 2.18. The molecular weight excluding hydrogens is 250 g/mol. The lowest BCUT2D eigenvalue weighted by molar-refractivity contribution is 0.0650. The van der Waals surface area contributed by atoms with E-state index in [4.69, 9.17) is 0 Å². The van der Waals surface area contributed by atoms with Crippen LogP contribution in [0.2, 0.25) is 0 Å². The van der Waals surface area contributed by atoms with Crippen molar-refractivity contribution in [3.8, 4) is 0 Å². The monoisotopic (exact) mass is 268 g/mol. The Labute approximate surface area is 111 Å². The summed E-state index contributed by atoms with van der Waals surface area (Å²) in [4.78, 5) is 14.0. The van der Waals surface area contributed by atoms with Crippen LogP contribution in [0.3, 0.4) is 0 Å². The maximum absolute atomic E-state index is 13.7. The van der Waals surface area contributed by atoms with Gasteiger partial charge in [0.05, 0.1) is 5.56 Å². The molecule has 0 saturated carbocycles. The van der Waals surface area contributed by atoms with E-state index in [2.05, 4.69) is 5.32 Å². The standard InChI is InChI=1S/C14H18F2N2O/c1-2-18(10-6-8-17-9-7-10)14(19)11-4-3-5-12(15)13(11)16/h3-5,10,17H,2,6-9H2,1H3. The van der Waals surface area contributed by atoms with Gasteiger partial charge in [-0.1, -0.05) is 6.07 Å². The lowest BCUT2D eigenvalue weighted by atomic mass is 10.0. The molecule has 1 aliphatic heterocycles. The number of nitrogens with one attached hydrogen (secondary N) is 1. The van der Waals surface area contributed by atoms with Crippen molar-refractivity contribution in [2.24, 2.45) is 0 Å². The van der Waals surface area contributed by atoms with Crippen LogP contribution < -0.4 is 5.32 Å². The number of amides is 1. The molecule has 0 aromatic heterocycles. The third-order valence-electron chi connectivity index (χ3n) is 3.53. The first kappa shape index (κ1) is 13.9. The van der Waals surface area contributed by atoms with E-state index in [0.717, 1.165) is 32.0 Å². The summed E-state index contributed by atoms with van der Waals surface area (Å²) in [5, 5.41) is 3.22. The maximum atomic E-state index is 13.7. The van der Waals surface area contributed by atoms with Crippen molar-refractivity contribution < 1.29 is 13.6 Å². The summed E-state index contributed by atoms with van der Waals surface area (Å²) in [5.74, 6) is -2.46. The number of hydrogen-bond donors (Lipinski definition) is 1. The molecule has 1 N–H and O–H groups in total. The Hall–Kier alpha value is -1.49. The Morgan fingerprint density at radius 2 is 2.05 bits per heavy atom. The molecule has 0 aliphatic carbocycles. The van der Waals surface area contributed by atoms with Crippen LogP contribution in [0, 0.1) is 11.6 Å². The highest BCUT2D eigenvalue weighted by molar-refractivity contribution is 5.94. The minimum atomic E-state index is -1.06. The molecular formula is C14H18F2N2O. The molecule has 19 heavy (non-hydrogen) atoms. The topological polar surface area (TPSA) is 32.3 Å². The molecule has 5 heteroatoms. The van der Waals surface area contributed by atoms with E-state index in [-0.39, 0.29) is 11.6 Å². The molecule has 2 rings (SSSR count). The summed E-state index contributed by atoms with van der Waals surface area (Å²) in [5.41, 5.74) is -0.180. The summed E-state index contributed by atoms with van der Waals surface area (Å²) >= 11 is 0. The van der Waals surface area contributed by atoms with Gasteiger partial charge < -0.3 is 10.2 Å².